The molecular weight excluding hydrogens is 174 g/mol. The van der Waals surface area contributed by atoms with E-state index in [-0.39, 0.29) is 0 Å². The molecule has 0 fully saturated rings. The van der Waals surface area contributed by atoms with E-state index >= 15 is 0 Å². The summed E-state index contributed by atoms with van der Waals surface area (Å²) < 4.78 is 5.47. The predicted molar refractivity (Wildman–Crippen MR) is 62.6 cm³/mol. The maximum Gasteiger partial charge on any atom is 0.0483 e. The molecule has 1 N–H and O–H groups in total. The highest BCUT2D eigenvalue weighted by Gasteiger charge is 2.02. The minimum absolute atomic E-state index is 0.474. The van der Waals surface area contributed by atoms with Crippen molar-refractivity contribution in [3.63, 3.8) is 0 Å². The fraction of sp³-hybridized carbons (Fsp3) is 0.833. The third kappa shape index (κ3) is 8.27. The van der Waals surface area contributed by atoms with Gasteiger partial charge in [-0.25, -0.2) is 0 Å². The Morgan fingerprint density at radius 3 is 2.50 bits per heavy atom. The molecule has 0 aliphatic heterocycles. The van der Waals surface area contributed by atoms with E-state index in [0.717, 1.165) is 32.6 Å². The van der Waals surface area contributed by atoms with E-state index in [1.807, 2.05) is 0 Å². The average Bonchev–Trinajstić information content (AvgIpc) is 2.12. The van der Waals surface area contributed by atoms with Crippen molar-refractivity contribution >= 4 is 0 Å². The summed E-state index contributed by atoms with van der Waals surface area (Å²) in [5.41, 5.74) is 1.37. The van der Waals surface area contributed by atoms with Crippen molar-refractivity contribution in [1.29, 1.82) is 0 Å². The van der Waals surface area contributed by atoms with Crippen LogP contribution in [0.25, 0.3) is 0 Å². The van der Waals surface area contributed by atoms with E-state index in [1.165, 1.54) is 5.57 Å². The molecular formula is C12H25NO. The lowest BCUT2D eigenvalue weighted by Crippen LogP contribution is -2.28. The summed E-state index contributed by atoms with van der Waals surface area (Å²) in [7, 11) is 0. The van der Waals surface area contributed by atoms with Crippen LogP contribution in [-0.4, -0.2) is 25.8 Å². The van der Waals surface area contributed by atoms with E-state index in [4.69, 9.17) is 4.74 Å². The van der Waals surface area contributed by atoms with Gasteiger partial charge < -0.3 is 10.1 Å². The highest BCUT2D eigenvalue weighted by Crippen LogP contribution is 2.00. The van der Waals surface area contributed by atoms with Gasteiger partial charge in [0.15, 0.2) is 0 Å². The van der Waals surface area contributed by atoms with Gasteiger partial charge in [0.25, 0.3) is 0 Å². The second-order valence-electron chi connectivity index (χ2n) is 3.81. The van der Waals surface area contributed by atoms with Crippen LogP contribution >= 0.6 is 0 Å². The van der Waals surface area contributed by atoms with E-state index in [2.05, 4.69) is 39.1 Å². The Morgan fingerprint density at radius 2 is 2.00 bits per heavy atom. The second kappa shape index (κ2) is 9.22. The third-order valence-corrected chi connectivity index (χ3v) is 1.92. The number of allylic oxidation sites excluding steroid dienone is 1. The molecule has 14 heavy (non-hydrogen) atoms. The molecule has 84 valence electrons. The fourth-order valence-corrected chi connectivity index (χ4v) is 1.37. The zero-order chi connectivity index (χ0) is 10.8. The quantitative estimate of drug-likeness (QED) is 0.479. The molecule has 0 saturated carbocycles. The van der Waals surface area contributed by atoms with Crippen molar-refractivity contribution in [2.24, 2.45) is 0 Å². The van der Waals surface area contributed by atoms with Crippen LogP contribution in [0.2, 0.25) is 0 Å². The lowest BCUT2D eigenvalue weighted by Gasteiger charge is -2.14. The Kier molecular flexibility index (Phi) is 9.00. The molecule has 0 amide bonds. The SMILES string of the molecule is CCCOCCC(C=C(C)C)NCC. The average molecular weight is 199 g/mol. The molecule has 0 aliphatic rings. The Labute approximate surface area is 88.7 Å². The molecule has 0 spiro atoms. The van der Waals surface area contributed by atoms with Crippen LogP contribution < -0.4 is 5.32 Å². The van der Waals surface area contributed by atoms with E-state index in [9.17, 15) is 0 Å². The first-order valence-electron chi connectivity index (χ1n) is 5.66. The first-order valence-corrected chi connectivity index (χ1v) is 5.66. The van der Waals surface area contributed by atoms with Crippen LogP contribution in [0.3, 0.4) is 0 Å². The molecule has 0 radical (unpaired) electrons. The van der Waals surface area contributed by atoms with Gasteiger partial charge in [-0.1, -0.05) is 25.5 Å². The normalized spacial score (nSPS) is 12.6. The maximum atomic E-state index is 5.47. The number of nitrogens with one attached hydrogen (secondary N) is 1. The summed E-state index contributed by atoms with van der Waals surface area (Å²) in [6.45, 7) is 11.3. The van der Waals surface area contributed by atoms with Gasteiger partial charge in [-0.15, -0.1) is 0 Å². The standard InChI is InChI=1S/C12H25NO/c1-5-8-14-9-7-12(13-6-2)10-11(3)4/h10,12-13H,5-9H2,1-4H3. The molecule has 0 aromatic heterocycles. The summed E-state index contributed by atoms with van der Waals surface area (Å²) in [4.78, 5) is 0. The number of rotatable bonds is 8. The second-order valence-corrected chi connectivity index (χ2v) is 3.81. The van der Waals surface area contributed by atoms with E-state index in [0.29, 0.717) is 6.04 Å². The minimum Gasteiger partial charge on any atom is -0.381 e. The van der Waals surface area contributed by atoms with Crippen molar-refractivity contribution in [2.75, 3.05) is 19.8 Å². The molecule has 0 heterocycles. The van der Waals surface area contributed by atoms with Gasteiger partial charge in [-0.3, -0.25) is 0 Å². The first-order chi connectivity index (χ1) is 6.70. The van der Waals surface area contributed by atoms with Crippen molar-refractivity contribution in [3.8, 4) is 0 Å². The summed E-state index contributed by atoms with van der Waals surface area (Å²) in [5.74, 6) is 0. The molecule has 0 bridgehead atoms. The zero-order valence-corrected chi connectivity index (χ0v) is 10.1. The molecule has 2 nitrogen and oxygen atoms in total. The molecule has 0 saturated heterocycles. The molecule has 2 heteroatoms. The molecule has 1 atom stereocenters. The van der Waals surface area contributed by atoms with Crippen LogP contribution in [0.5, 0.6) is 0 Å². The van der Waals surface area contributed by atoms with Crippen LogP contribution in [-0.2, 0) is 4.74 Å². The molecule has 0 aliphatic carbocycles. The predicted octanol–water partition coefficient (Wildman–Crippen LogP) is 2.75. The lowest BCUT2D eigenvalue weighted by atomic mass is 10.1. The zero-order valence-electron chi connectivity index (χ0n) is 10.1. The van der Waals surface area contributed by atoms with Crippen LogP contribution in [0.4, 0.5) is 0 Å². The Hall–Kier alpha value is -0.340. The van der Waals surface area contributed by atoms with Gasteiger partial charge in [0, 0.05) is 19.3 Å². The fourth-order valence-electron chi connectivity index (χ4n) is 1.37. The number of ether oxygens (including phenoxy) is 1. The molecule has 0 aromatic carbocycles. The number of hydrogen-bond acceptors (Lipinski definition) is 2. The van der Waals surface area contributed by atoms with Gasteiger partial charge in [0.05, 0.1) is 0 Å². The monoisotopic (exact) mass is 199 g/mol. The smallest absolute Gasteiger partial charge is 0.0483 e. The Bertz CT molecular complexity index is 150. The summed E-state index contributed by atoms with van der Waals surface area (Å²) >= 11 is 0. The van der Waals surface area contributed by atoms with Crippen molar-refractivity contribution in [3.05, 3.63) is 11.6 Å². The van der Waals surface area contributed by atoms with Gasteiger partial charge in [-0.2, -0.15) is 0 Å². The highest BCUT2D eigenvalue weighted by atomic mass is 16.5. The van der Waals surface area contributed by atoms with Gasteiger partial charge in [0.1, 0.15) is 0 Å². The summed E-state index contributed by atoms with van der Waals surface area (Å²) in [5, 5.41) is 3.43. The largest absolute Gasteiger partial charge is 0.381 e. The van der Waals surface area contributed by atoms with Crippen LogP contribution in [0.1, 0.15) is 40.5 Å². The maximum absolute atomic E-state index is 5.47. The van der Waals surface area contributed by atoms with Gasteiger partial charge >= 0.3 is 0 Å². The summed E-state index contributed by atoms with van der Waals surface area (Å²) in [6.07, 6.45) is 4.45. The van der Waals surface area contributed by atoms with Crippen LogP contribution in [0.15, 0.2) is 11.6 Å². The molecule has 0 aromatic rings. The van der Waals surface area contributed by atoms with Crippen LogP contribution in [0, 0.1) is 0 Å². The highest BCUT2D eigenvalue weighted by molar-refractivity contribution is 5.00. The van der Waals surface area contributed by atoms with E-state index in [1.54, 1.807) is 0 Å². The summed E-state index contributed by atoms with van der Waals surface area (Å²) in [6, 6.07) is 0.474. The Morgan fingerprint density at radius 1 is 1.29 bits per heavy atom. The Balaban J connectivity index is 3.68. The topological polar surface area (TPSA) is 21.3 Å². The van der Waals surface area contributed by atoms with E-state index < -0.39 is 0 Å². The number of likely N-dealkylation sites (N-methyl/N-ethyl adjacent to an activating group) is 1. The third-order valence-electron chi connectivity index (χ3n) is 1.92. The number of hydrogen-bond donors (Lipinski definition) is 1. The van der Waals surface area contributed by atoms with Crippen molar-refractivity contribution in [2.45, 2.75) is 46.6 Å². The minimum atomic E-state index is 0.474. The molecule has 1 unspecified atom stereocenters. The van der Waals surface area contributed by atoms with Crippen molar-refractivity contribution in [1.82, 2.24) is 5.32 Å². The van der Waals surface area contributed by atoms with Gasteiger partial charge in [-0.05, 0) is 33.2 Å². The lowest BCUT2D eigenvalue weighted by molar-refractivity contribution is 0.128. The first kappa shape index (κ1) is 13.7. The molecule has 0 rings (SSSR count). The van der Waals surface area contributed by atoms with Gasteiger partial charge in [0.2, 0.25) is 0 Å². The van der Waals surface area contributed by atoms with Crippen molar-refractivity contribution < 1.29 is 4.74 Å².